The quantitative estimate of drug-likeness (QED) is 0.502. The number of carbonyl (C=O) groups excluding carboxylic acids is 1. The standard InChI is InChI=1S/C15H12FN3O4/c16-12-5-7-13(8-6-12)23-10-15(20)18-17-9-11-3-1-2-4-14(11)19(21)22/h1-9H,10H2,(H,18,20)/b17-9+. The lowest BCUT2D eigenvalue weighted by molar-refractivity contribution is -0.385. The van der Waals surface area contributed by atoms with Gasteiger partial charge in [-0.25, -0.2) is 9.82 Å². The van der Waals surface area contributed by atoms with E-state index >= 15 is 0 Å². The van der Waals surface area contributed by atoms with Crippen LogP contribution in [0, 0.1) is 15.9 Å². The SMILES string of the molecule is O=C(COc1ccc(F)cc1)N/N=C/c1ccccc1[N+](=O)[O-]. The number of nitrogens with one attached hydrogen (secondary N) is 1. The van der Waals surface area contributed by atoms with Crippen LogP contribution in [-0.2, 0) is 4.79 Å². The van der Waals surface area contributed by atoms with Gasteiger partial charge in [0, 0.05) is 6.07 Å². The number of hydrogen-bond acceptors (Lipinski definition) is 5. The number of carbonyl (C=O) groups is 1. The molecule has 0 aliphatic rings. The molecule has 1 amide bonds. The van der Waals surface area contributed by atoms with Crippen molar-refractivity contribution >= 4 is 17.8 Å². The number of benzene rings is 2. The van der Waals surface area contributed by atoms with E-state index in [-0.39, 0.29) is 17.9 Å². The van der Waals surface area contributed by atoms with Gasteiger partial charge in [0.25, 0.3) is 11.6 Å². The van der Waals surface area contributed by atoms with Gasteiger partial charge in [0.15, 0.2) is 6.61 Å². The van der Waals surface area contributed by atoms with Crippen LogP contribution < -0.4 is 10.2 Å². The molecule has 0 fully saturated rings. The van der Waals surface area contributed by atoms with E-state index in [0.29, 0.717) is 5.75 Å². The van der Waals surface area contributed by atoms with Crippen LogP contribution in [0.3, 0.4) is 0 Å². The molecule has 0 spiro atoms. The fourth-order valence-corrected chi connectivity index (χ4v) is 1.65. The van der Waals surface area contributed by atoms with E-state index in [0.717, 1.165) is 0 Å². The molecule has 0 aromatic heterocycles. The molecule has 0 saturated carbocycles. The minimum Gasteiger partial charge on any atom is -0.484 e. The fourth-order valence-electron chi connectivity index (χ4n) is 1.65. The van der Waals surface area contributed by atoms with E-state index in [1.54, 1.807) is 6.07 Å². The van der Waals surface area contributed by atoms with Crippen molar-refractivity contribution in [1.82, 2.24) is 5.43 Å². The number of halogens is 1. The lowest BCUT2D eigenvalue weighted by atomic mass is 10.2. The van der Waals surface area contributed by atoms with Crippen molar-refractivity contribution in [3.8, 4) is 5.75 Å². The second kappa shape index (κ2) is 7.64. The van der Waals surface area contributed by atoms with E-state index in [2.05, 4.69) is 10.5 Å². The van der Waals surface area contributed by atoms with Crippen molar-refractivity contribution in [2.45, 2.75) is 0 Å². The summed E-state index contributed by atoms with van der Waals surface area (Å²) in [6.45, 7) is -0.320. The summed E-state index contributed by atoms with van der Waals surface area (Å²) in [7, 11) is 0. The van der Waals surface area contributed by atoms with E-state index in [1.807, 2.05) is 0 Å². The highest BCUT2D eigenvalue weighted by Gasteiger charge is 2.10. The van der Waals surface area contributed by atoms with Crippen molar-refractivity contribution in [1.29, 1.82) is 0 Å². The highest BCUT2D eigenvalue weighted by Crippen LogP contribution is 2.15. The second-order valence-corrected chi connectivity index (χ2v) is 4.35. The van der Waals surface area contributed by atoms with Gasteiger partial charge in [0.2, 0.25) is 0 Å². The molecule has 0 unspecified atom stereocenters. The average molecular weight is 317 g/mol. The third-order valence-electron chi connectivity index (χ3n) is 2.71. The van der Waals surface area contributed by atoms with Crippen LogP contribution in [0.1, 0.15) is 5.56 Å². The Hall–Kier alpha value is -3.29. The van der Waals surface area contributed by atoms with Gasteiger partial charge in [-0.2, -0.15) is 5.10 Å². The molecular weight excluding hydrogens is 305 g/mol. The Morgan fingerprint density at radius 3 is 2.65 bits per heavy atom. The Morgan fingerprint density at radius 2 is 1.96 bits per heavy atom. The molecular formula is C15H12FN3O4. The minimum atomic E-state index is -0.552. The minimum absolute atomic E-state index is 0.118. The Balaban J connectivity index is 1.87. The summed E-state index contributed by atoms with van der Waals surface area (Å²) in [5.41, 5.74) is 2.33. The Labute approximate surface area is 130 Å². The molecule has 1 N–H and O–H groups in total. The van der Waals surface area contributed by atoms with Crippen LogP contribution in [0.15, 0.2) is 53.6 Å². The summed E-state index contributed by atoms with van der Waals surface area (Å²) in [5.74, 6) is -0.621. The Morgan fingerprint density at radius 1 is 1.26 bits per heavy atom. The lowest BCUT2D eigenvalue weighted by Crippen LogP contribution is -2.24. The first-order chi connectivity index (χ1) is 11.1. The molecule has 2 aromatic carbocycles. The number of nitrogens with zero attached hydrogens (tertiary/aromatic N) is 2. The molecule has 2 aromatic rings. The number of ether oxygens (including phenoxy) is 1. The molecule has 0 aliphatic carbocycles. The number of hydrogen-bond donors (Lipinski definition) is 1. The average Bonchev–Trinajstić information content (AvgIpc) is 2.54. The van der Waals surface area contributed by atoms with Crippen LogP contribution in [0.25, 0.3) is 0 Å². The summed E-state index contributed by atoms with van der Waals surface area (Å²) in [5, 5.41) is 14.5. The lowest BCUT2D eigenvalue weighted by Gasteiger charge is -2.04. The normalized spacial score (nSPS) is 10.5. The number of nitro groups is 1. The van der Waals surface area contributed by atoms with Gasteiger partial charge in [-0.1, -0.05) is 12.1 Å². The molecule has 7 nitrogen and oxygen atoms in total. The van der Waals surface area contributed by atoms with E-state index < -0.39 is 16.6 Å². The highest BCUT2D eigenvalue weighted by molar-refractivity contribution is 5.86. The molecule has 0 heterocycles. The molecule has 23 heavy (non-hydrogen) atoms. The zero-order valence-electron chi connectivity index (χ0n) is 11.8. The van der Waals surface area contributed by atoms with Gasteiger partial charge in [-0.05, 0) is 30.3 Å². The predicted octanol–water partition coefficient (Wildman–Crippen LogP) is 2.26. The predicted molar refractivity (Wildman–Crippen MR) is 80.7 cm³/mol. The maximum atomic E-state index is 12.7. The number of rotatable bonds is 6. The summed E-state index contributed by atoms with van der Waals surface area (Å²) in [6, 6.07) is 11.2. The summed E-state index contributed by atoms with van der Waals surface area (Å²) < 4.78 is 17.8. The number of nitro benzene ring substituents is 1. The van der Waals surface area contributed by atoms with Crippen LogP contribution >= 0.6 is 0 Å². The Bertz CT molecular complexity index is 732. The molecule has 0 saturated heterocycles. The smallest absolute Gasteiger partial charge is 0.278 e. The molecule has 8 heteroatoms. The van der Waals surface area contributed by atoms with Crippen LogP contribution in [0.2, 0.25) is 0 Å². The molecule has 118 valence electrons. The first-order valence-electron chi connectivity index (χ1n) is 6.50. The summed E-state index contributed by atoms with van der Waals surface area (Å²) in [6.07, 6.45) is 1.17. The van der Waals surface area contributed by atoms with E-state index in [4.69, 9.17) is 4.74 Å². The second-order valence-electron chi connectivity index (χ2n) is 4.35. The van der Waals surface area contributed by atoms with Crippen molar-refractivity contribution in [3.63, 3.8) is 0 Å². The van der Waals surface area contributed by atoms with Crippen LogP contribution in [-0.4, -0.2) is 23.7 Å². The third kappa shape index (κ3) is 4.88. The molecule has 2 rings (SSSR count). The molecule has 0 atom stereocenters. The fraction of sp³-hybridized carbons (Fsp3) is 0.0667. The van der Waals surface area contributed by atoms with Crippen molar-refractivity contribution in [3.05, 3.63) is 70.0 Å². The van der Waals surface area contributed by atoms with E-state index in [1.165, 1.54) is 48.7 Å². The summed E-state index contributed by atoms with van der Waals surface area (Å²) in [4.78, 5) is 21.8. The maximum absolute atomic E-state index is 12.7. The highest BCUT2D eigenvalue weighted by atomic mass is 19.1. The van der Waals surface area contributed by atoms with Gasteiger partial charge < -0.3 is 4.74 Å². The monoisotopic (exact) mass is 317 g/mol. The maximum Gasteiger partial charge on any atom is 0.278 e. The zero-order valence-corrected chi connectivity index (χ0v) is 11.8. The number of para-hydroxylation sites is 1. The number of hydrazone groups is 1. The summed E-state index contributed by atoms with van der Waals surface area (Å²) >= 11 is 0. The van der Waals surface area contributed by atoms with Gasteiger partial charge in [-0.3, -0.25) is 14.9 Å². The van der Waals surface area contributed by atoms with Crippen molar-refractivity contribution < 1.29 is 18.8 Å². The largest absolute Gasteiger partial charge is 0.484 e. The molecule has 0 bridgehead atoms. The van der Waals surface area contributed by atoms with Gasteiger partial charge >= 0.3 is 0 Å². The first kappa shape index (κ1) is 16.1. The molecule has 0 radical (unpaired) electrons. The topological polar surface area (TPSA) is 93.8 Å². The molecule has 0 aliphatic heterocycles. The van der Waals surface area contributed by atoms with Gasteiger partial charge in [0.1, 0.15) is 11.6 Å². The van der Waals surface area contributed by atoms with Crippen LogP contribution in [0.5, 0.6) is 5.75 Å². The van der Waals surface area contributed by atoms with Gasteiger partial charge in [0.05, 0.1) is 16.7 Å². The number of amides is 1. The zero-order chi connectivity index (χ0) is 16.7. The van der Waals surface area contributed by atoms with Gasteiger partial charge in [-0.15, -0.1) is 0 Å². The van der Waals surface area contributed by atoms with Crippen molar-refractivity contribution in [2.75, 3.05) is 6.61 Å². The van der Waals surface area contributed by atoms with Crippen LogP contribution in [0.4, 0.5) is 10.1 Å². The third-order valence-corrected chi connectivity index (χ3v) is 2.71. The Kier molecular flexibility index (Phi) is 5.35. The van der Waals surface area contributed by atoms with E-state index in [9.17, 15) is 19.3 Å². The van der Waals surface area contributed by atoms with Crippen molar-refractivity contribution in [2.24, 2.45) is 5.10 Å². The first-order valence-corrected chi connectivity index (χ1v) is 6.50.